The monoisotopic (exact) mass is 280 g/mol. The summed E-state index contributed by atoms with van der Waals surface area (Å²) in [5.74, 6) is 7.18. The number of hydrazine groups is 1. The average Bonchev–Trinajstić information content (AvgIpc) is 3.34. The minimum absolute atomic E-state index is 0.443. The molecule has 0 heterocycles. The lowest BCUT2D eigenvalue weighted by Crippen LogP contribution is -2.37. The first-order valence-electron chi connectivity index (χ1n) is 7.93. The molecule has 0 aliphatic heterocycles. The van der Waals surface area contributed by atoms with Crippen LogP contribution in [0.3, 0.4) is 0 Å². The summed E-state index contributed by atoms with van der Waals surface area (Å²) in [5, 5.41) is 0. The second kappa shape index (κ2) is 6.88. The van der Waals surface area contributed by atoms with Crippen molar-refractivity contribution in [2.75, 3.05) is 0 Å². The molecule has 1 fully saturated rings. The topological polar surface area (TPSA) is 38.0 Å². The van der Waals surface area contributed by atoms with Gasteiger partial charge in [-0.2, -0.15) is 0 Å². The van der Waals surface area contributed by atoms with Crippen LogP contribution in [0.1, 0.15) is 36.3 Å². The highest BCUT2D eigenvalue weighted by molar-refractivity contribution is 5.26. The zero-order chi connectivity index (χ0) is 14.5. The first-order chi connectivity index (χ1) is 10.4. The largest absolute Gasteiger partial charge is 0.271 e. The van der Waals surface area contributed by atoms with Gasteiger partial charge in [-0.3, -0.25) is 11.3 Å². The first kappa shape index (κ1) is 14.3. The number of hydrogen-bond donors (Lipinski definition) is 2. The molecule has 0 spiro atoms. The van der Waals surface area contributed by atoms with Crippen molar-refractivity contribution < 1.29 is 0 Å². The smallest absolute Gasteiger partial charge is 0.0244 e. The molecule has 0 aromatic heterocycles. The predicted molar refractivity (Wildman–Crippen MR) is 87.8 cm³/mol. The van der Waals surface area contributed by atoms with E-state index in [2.05, 4.69) is 66.1 Å². The highest BCUT2D eigenvalue weighted by Crippen LogP contribution is 2.50. The van der Waals surface area contributed by atoms with E-state index in [1.807, 2.05) is 0 Å². The molecule has 1 aliphatic carbocycles. The van der Waals surface area contributed by atoms with Crippen LogP contribution in [0.4, 0.5) is 0 Å². The summed E-state index contributed by atoms with van der Waals surface area (Å²) in [5.41, 5.74) is 5.93. The fourth-order valence-corrected chi connectivity index (χ4v) is 3.33. The van der Waals surface area contributed by atoms with Crippen molar-refractivity contribution in [2.45, 2.75) is 37.6 Å². The second-order valence-corrected chi connectivity index (χ2v) is 6.07. The van der Waals surface area contributed by atoms with Crippen molar-refractivity contribution in [1.82, 2.24) is 5.43 Å². The minimum atomic E-state index is 0.443. The SMILES string of the molecule is NNC(CCCc1ccccc1)C1CC1c1ccccc1. The molecule has 3 unspecified atom stereocenters. The van der Waals surface area contributed by atoms with Gasteiger partial charge >= 0.3 is 0 Å². The van der Waals surface area contributed by atoms with Crippen LogP contribution in [0.25, 0.3) is 0 Å². The Balaban J connectivity index is 1.48. The molecule has 110 valence electrons. The zero-order valence-electron chi connectivity index (χ0n) is 12.4. The van der Waals surface area contributed by atoms with Crippen molar-refractivity contribution >= 4 is 0 Å². The normalized spacial score (nSPS) is 22.0. The number of rotatable bonds is 7. The summed E-state index contributed by atoms with van der Waals surface area (Å²) in [6.07, 6.45) is 4.75. The number of nitrogens with one attached hydrogen (secondary N) is 1. The van der Waals surface area contributed by atoms with Gasteiger partial charge in [-0.05, 0) is 48.6 Å². The molecule has 2 aromatic rings. The van der Waals surface area contributed by atoms with Crippen molar-refractivity contribution in [2.24, 2.45) is 11.8 Å². The Kier molecular flexibility index (Phi) is 4.69. The lowest BCUT2D eigenvalue weighted by Gasteiger charge is -2.16. The minimum Gasteiger partial charge on any atom is -0.271 e. The van der Waals surface area contributed by atoms with Gasteiger partial charge < -0.3 is 0 Å². The van der Waals surface area contributed by atoms with Gasteiger partial charge in [0.2, 0.25) is 0 Å². The Morgan fingerprint density at radius 1 is 1.00 bits per heavy atom. The maximum atomic E-state index is 5.78. The van der Waals surface area contributed by atoms with Gasteiger partial charge in [-0.25, -0.2) is 0 Å². The van der Waals surface area contributed by atoms with E-state index in [1.54, 1.807) is 0 Å². The lowest BCUT2D eigenvalue weighted by atomic mass is 9.99. The second-order valence-electron chi connectivity index (χ2n) is 6.07. The van der Waals surface area contributed by atoms with E-state index >= 15 is 0 Å². The van der Waals surface area contributed by atoms with E-state index in [0.717, 1.165) is 12.8 Å². The van der Waals surface area contributed by atoms with Crippen LogP contribution in [0, 0.1) is 5.92 Å². The van der Waals surface area contributed by atoms with Crippen LogP contribution in [0.15, 0.2) is 60.7 Å². The van der Waals surface area contributed by atoms with E-state index in [-0.39, 0.29) is 0 Å². The van der Waals surface area contributed by atoms with Gasteiger partial charge in [0.05, 0.1) is 0 Å². The highest BCUT2D eigenvalue weighted by Gasteiger charge is 2.42. The van der Waals surface area contributed by atoms with Crippen LogP contribution in [0.5, 0.6) is 0 Å². The third kappa shape index (κ3) is 3.72. The van der Waals surface area contributed by atoms with Crippen LogP contribution < -0.4 is 11.3 Å². The average molecular weight is 280 g/mol. The van der Waals surface area contributed by atoms with Gasteiger partial charge in [0.15, 0.2) is 0 Å². The fourth-order valence-electron chi connectivity index (χ4n) is 3.33. The molecular formula is C19H24N2. The Labute approximate surface area is 127 Å². The van der Waals surface area contributed by atoms with E-state index < -0.39 is 0 Å². The quantitative estimate of drug-likeness (QED) is 0.600. The summed E-state index contributed by atoms with van der Waals surface area (Å²) in [7, 11) is 0. The molecule has 1 aliphatic rings. The number of benzene rings is 2. The van der Waals surface area contributed by atoms with Crippen LogP contribution in [-0.2, 0) is 6.42 Å². The summed E-state index contributed by atoms with van der Waals surface area (Å²) in [6, 6.07) is 22.0. The van der Waals surface area contributed by atoms with Gasteiger partial charge in [0, 0.05) is 6.04 Å². The number of nitrogens with two attached hydrogens (primary N) is 1. The third-order valence-electron chi connectivity index (χ3n) is 4.62. The van der Waals surface area contributed by atoms with Crippen LogP contribution >= 0.6 is 0 Å². The molecule has 0 saturated heterocycles. The summed E-state index contributed by atoms with van der Waals surface area (Å²) >= 11 is 0. The van der Waals surface area contributed by atoms with Crippen molar-refractivity contribution in [3.63, 3.8) is 0 Å². The van der Waals surface area contributed by atoms with Crippen LogP contribution in [0.2, 0.25) is 0 Å². The molecule has 3 N–H and O–H groups in total. The Bertz CT molecular complexity index is 538. The predicted octanol–water partition coefficient (Wildman–Crippen LogP) is 3.64. The molecule has 2 heteroatoms. The molecule has 3 atom stereocenters. The van der Waals surface area contributed by atoms with Gasteiger partial charge in [-0.1, -0.05) is 60.7 Å². The Morgan fingerprint density at radius 2 is 1.67 bits per heavy atom. The van der Waals surface area contributed by atoms with Crippen molar-refractivity contribution in [3.8, 4) is 0 Å². The molecule has 3 rings (SSSR count). The van der Waals surface area contributed by atoms with Gasteiger partial charge in [-0.15, -0.1) is 0 Å². The molecule has 2 nitrogen and oxygen atoms in total. The first-order valence-corrected chi connectivity index (χ1v) is 7.93. The molecule has 0 amide bonds. The summed E-state index contributed by atoms with van der Waals surface area (Å²) in [6.45, 7) is 0. The number of aryl methyl sites for hydroxylation is 1. The maximum Gasteiger partial charge on any atom is 0.0244 e. The molecular weight excluding hydrogens is 256 g/mol. The highest BCUT2D eigenvalue weighted by atomic mass is 15.2. The molecule has 2 aromatic carbocycles. The summed E-state index contributed by atoms with van der Waals surface area (Å²) < 4.78 is 0. The molecule has 21 heavy (non-hydrogen) atoms. The molecule has 0 bridgehead atoms. The molecule has 0 radical (unpaired) electrons. The molecule has 1 saturated carbocycles. The van der Waals surface area contributed by atoms with E-state index in [4.69, 9.17) is 5.84 Å². The van der Waals surface area contributed by atoms with Crippen molar-refractivity contribution in [3.05, 3.63) is 71.8 Å². The van der Waals surface area contributed by atoms with Gasteiger partial charge in [0.25, 0.3) is 0 Å². The van der Waals surface area contributed by atoms with Crippen molar-refractivity contribution in [1.29, 1.82) is 0 Å². The maximum absolute atomic E-state index is 5.78. The standard InChI is InChI=1S/C19H24N2/c20-21-19(13-7-10-15-8-3-1-4-9-15)18-14-17(18)16-11-5-2-6-12-16/h1-6,8-9,11-12,17-19,21H,7,10,13-14,20H2. The Morgan fingerprint density at radius 3 is 2.33 bits per heavy atom. The van der Waals surface area contributed by atoms with E-state index in [1.165, 1.54) is 24.0 Å². The van der Waals surface area contributed by atoms with E-state index in [0.29, 0.717) is 17.9 Å². The summed E-state index contributed by atoms with van der Waals surface area (Å²) in [4.78, 5) is 0. The lowest BCUT2D eigenvalue weighted by molar-refractivity contribution is 0.427. The zero-order valence-corrected chi connectivity index (χ0v) is 12.4. The van der Waals surface area contributed by atoms with E-state index in [9.17, 15) is 0 Å². The van der Waals surface area contributed by atoms with Gasteiger partial charge in [0.1, 0.15) is 0 Å². The Hall–Kier alpha value is -1.64. The fraction of sp³-hybridized carbons (Fsp3) is 0.368. The van der Waals surface area contributed by atoms with Crippen LogP contribution in [-0.4, -0.2) is 6.04 Å². The third-order valence-corrected chi connectivity index (χ3v) is 4.62. The number of hydrogen-bond acceptors (Lipinski definition) is 2.